The fourth-order valence-electron chi connectivity index (χ4n) is 3.88. The van der Waals surface area contributed by atoms with Crippen molar-refractivity contribution in [2.45, 2.75) is 31.8 Å². The molecule has 4 heterocycles. The van der Waals surface area contributed by atoms with Gasteiger partial charge in [0.1, 0.15) is 11.4 Å². The monoisotopic (exact) mass is 386 g/mol. The van der Waals surface area contributed by atoms with Gasteiger partial charge in [-0.2, -0.15) is 0 Å². The largest absolute Gasteiger partial charge is 0.368 e. The lowest BCUT2D eigenvalue weighted by molar-refractivity contribution is -0.122. The first-order valence-corrected chi connectivity index (χ1v) is 9.58. The molecule has 0 saturated carbocycles. The van der Waals surface area contributed by atoms with Gasteiger partial charge in [-0.25, -0.2) is 9.97 Å². The fourth-order valence-corrected chi connectivity index (χ4v) is 3.88. The summed E-state index contributed by atoms with van der Waals surface area (Å²) >= 11 is 0. The third-order valence-corrected chi connectivity index (χ3v) is 5.36. The predicted octanol–water partition coefficient (Wildman–Crippen LogP) is 1.34. The summed E-state index contributed by atoms with van der Waals surface area (Å²) in [5, 5.41) is 6.57. The van der Waals surface area contributed by atoms with Crippen LogP contribution in [0.15, 0.2) is 16.8 Å². The average Bonchev–Trinajstić information content (AvgIpc) is 3.08. The maximum absolute atomic E-state index is 12.3. The van der Waals surface area contributed by atoms with E-state index in [9.17, 15) is 4.79 Å². The van der Waals surface area contributed by atoms with Crippen molar-refractivity contribution in [1.29, 1.82) is 0 Å². The Morgan fingerprint density at radius 2 is 2.14 bits per heavy atom. The Balaban J connectivity index is 1.41. The van der Waals surface area contributed by atoms with E-state index in [0.29, 0.717) is 30.7 Å². The van der Waals surface area contributed by atoms with E-state index in [1.807, 2.05) is 25.2 Å². The quantitative estimate of drug-likeness (QED) is 0.841. The SMILES string of the molecule is Cc1cc(NC(=O)CN2CCC3(CC2)OCCc2cnc(N(C)C)nc23)no1. The lowest BCUT2D eigenvalue weighted by Crippen LogP contribution is -2.49. The Morgan fingerprint density at radius 1 is 1.36 bits per heavy atom. The van der Waals surface area contributed by atoms with Gasteiger partial charge in [0, 0.05) is 39.4 Å². The number of aromatic nitrogens is 3. The zero-order valence-electron chi connectivity index (χ0n) is 16.6. The number of anilines is 2. The Hall–Kier alpha value is -2.52. The Bertz CT molecular complexity index is 857. The Kier molecular flexibility index (Phi) is 5.03. The van der Waals surface area contributed by atoms with Crippen molar-refractivity contribution in [2.24, 2.45) is 0 Å². The van der Waals surface area contributed by atoms with Crippen molar-refractivity contribution in [3.05, 3.63) is 29.3 Å². The van der Waals surface area contributed by atoms with Crippen LogP contribution < -0.4 is 10.2 Å². The number of fused-ring (bicyclic) bond motifs is 2. The third kappa shape index (κ3) is 3.72. The zero-order valence-corrected chi connectivity index (χ0v) is 16.6. The summed E-state index contributed by atoms with van der Waals surface area (Å²) in [6.07, 6.45) is 4.39. The summed E-state index contributed by atoms with van der Waals surface area (Å²) in [7, 11) is 3.88. The van der Waals surface area contributed by atoms with Crippen LogP contribution >= 0.6 is 0 Å². The minimum absolute atomic E-state index is 0.0913. The van der Waals surface area contributed by atoms with E-state index >= 15 is 0 Å². The van der Waals surface area contributed by atoms with Crippen molar-refractivity contribution in [1.82, 2.24) is 20.0 Å². The number of hydrogen-bond donors (Lipinski definition) is 1. The van der Waals surface area contributed by atoms with E-state index in [1.165, 1.54) is 5.56 Å². The van der Waals surface area contributed by atoms with Gasteiger partial charge >= 0.3 is 0 Å². The molecule has 150 valence electrons. The van der Waals surface area contributed by atoms with Crippen LogP contribution in [-0.2, 0) is 21.6 Å². The van der Waals surface area contributed by atoms with Crippen molar-refractivity contribution in [3.8, 4) is 0 Å². The maximum Gasteiger partial charge on any atom is 0.239 e. The number of hydrogen-bond acceptors (Lipinski definition) is 8. The van der Waals surface area contributed by atoms with Crippen LogP contribution in [0.3, 0.4) is 0 Å². The number of aryl methyl sites for hydroxylation is 1. The highest BCUT2D eigenvalue weighted by Crippen LogP contribution is 2.40. The first kappa shape index (κ1) is 18.8. The molecule has 0 atom stereocenters. The minimum Gasteiger partial charge on any atom is -0.368 e. The first-order chi connectivity index (χ1) is 13.4. The lowest BCUT2D eigenvalue weighted by Gasteiger charge is -2.44. The molecule has 1 spiro atoms. The van der Waals surface area contributed by atoms with Crippen LogP contribution in [0.1, 0.15) is 29.9 Å². The molecule has 2 aromatic heterocycles. The number of nitrogens with one attached hydrogen (secondary N) is 1. The van der Waals surface area contributed by atoms with Gasteiger partial charge in [-0.3, -0.25) is 9.69 Å². The smallest absolute Gasteiger partial charge is 0.239 e. The van der Waals surface area contributed by atoms with E-state index in [-0.39, 0.29) is 11.5 Å². The molecule has 0 unspecified atom stereocenters. The summed E-state index contributed by atoms with van der Waals surface area (Å²) < 4.78 is 11.2. The molecular weight excluding hydrogens is 360 g/mol. The van der Waals surface area contributed by atoms with E-state index in [2.05, 4.69) is 20.4 Å². The topological polar surface area (TPSA) is 96.6 Å². The van der Waals surface area contributed by atoms with Crippen molar-refractivity contribution < 1.29 is 14.1 Å². The molecule has 2 aliphatic rings. The molecule has 28 heavy (non-hydrogen) atoms. The number of amides is 1. The number of ether oxygens (including phenoxy) is 1. The molecule has 0 bridgehead atoms. The number of piperidine rings is 1. The Morgan fingerprint density at radius 3 is 2.82 bits per heavy atom. The summed E-state index contributed by atoms with van der Waals surface area (Å²) in [6, 6.07) is 1.71. The number of rotatable bonds is 4. The zero-order chi connectivity index (χ0) is 19.7. The highest BCUT2D eigenvalue weighted by atomic mass is 16.5. The van der Waals surface area contributed by atoms with Crippen molar-refractivity contribution in [3.63, 3.8) is 0 Å². The standard InChI is InChI=1S/C19H26N6O3/c1-13-10-15(23-28-13)21-16(26)12-25-7-5-19(6-8-25)17-14(4-9-27-19)11-20-18(22-17)24(2)3/h10-11H,4-9,12H2,1-3H3,(H,21,23,26). The molecule has 1 N–H and O–H groups in total. The van der Waals surface area contributed by atoms with E-state index < -0.39 is 0 Å². The summed E-state index contributed by atoms with van der Waals surface area (Å²) in [6.45, 7) is 4.34. The summed E-state index contributed by atoms with van der Waals surface area (Å²) in [5.74, 6) is 1.73. The van der Waals surface area contributed by atoms with Gasteiger partial charge in [-0.05, 0) is 31.7 Å². The van der Waals surface area contributed by atoms with Gasteiger partial charge in [-0.1, -0.05) is 5.16 Å². The molecule has 1 fully saturated rings. The van der Waals surface area contributed by atoms with E-state index in [0.717, 1.165) is 38.0 Å². The van der Waals surface area contributed by atoms with E-state index in [4.69, 9.17) is 14.2 Å². The van der Waals surface area contributed by atoms with E-state index in [1.54, 1.807) is 13.0 Å². The van der Waals surface area contributed by atoms with Crippen molar-refractivity contribution >= 4 is 17.7 Å². The van der Waals surface area contributed by atoms with Gasteiger partial charge in [0.2, 0.25) is 11.9 Å². The summed E-state index contributed by atoms with van der Waals surface area (Å²) in [4.78, 5) is 25.6. The second kappa shape index (κ2) is 7.48. The van der Waals surface area contributed by atoms with Gasteiger partial charge < -0.3 is 19.5 Å². The molecule has 4 rings (SSSR count). The number of likely N-dealkylation sites (tertiary alicyclic amines) is 1. The van der Waals surface area contributed by atoms with Crippen LogP contribution in [0.25, 0.3) is 0 Å². The Labute approximate surface area is 164 Å². The predicted molar refractivity (Wildman–Crippen MR) is 103 cm³/mol. The lowest BCUT2D eigenvalue weighted by atomic mass is 9.83. The van der Waals surface area contributed by atoms with Crippen LogP contribution in [0, 0.1) is 6.92 Å². The average molecular weight is 386 g/mol. The molecule has 0 radical (unpaired) electrons. The molecule has 1 amide bonds. The van der Waals surface area contributed by atoms with Crippen molar-refractivity contribution in [2.75, 3.05) is 50.6 Å². The molecular formula is C19H26N6O3. The normalized spacial score (nSPS) is 18.7. The van der Waals surface area contributed by atoms with Crippen LogP contribution in [-0.4, -0.2) is 66.3 Å². The van der Waals surface area contributed by atoms with Crippen LogP contribution in [0.2, 0.25) is 0 Å². The van der Waals surface area contributed by atoms with Crippen LogP contribution in [0.5, 0.6) is 0 Å². The van der Waals surface area contributed by atoms with Crippen LogP contribution in [0.4, 0.5) is 11.8 Å². The number of carbonyl (C=O) groups excluding carboxylic acids is 1. The number of carbonyl (C=O) groups is 1. The number of nitrogens with zero attached hydrogens (tertiary/aromatic N) is 5. The van der Waals surface area contributed by atoms with Gasteiger partial charge in [-0.15, -0.1) is 0 Å². The highest BCUT2D eigenvalue weighted by Gasteiger charge is 2.42. The molecule has 2 aromatic rings. The van der Waals surface area contributed by atoms with Gasteiger partial charge in [0.25, 0.3) is 0 Å². The third-order valence-electron chi connectivity index (χ3n) is 5.36. The molecule has 0 aliphatic carbocycles. The maximum atomic E-state index is 12.3. The molecule has 9 heteroatoms. The second-order valence-electron chi connectivity index (χ2n) is 7.68. The summed E-state index contributed by atoms with van der Waals surface area (Å²) in [5.41, 5.74) is 1.81. The molecule has 2 aliphatic heterocycles. The second-order valence-corrected chi connectivity index (χ2v) is 7.68. The fraction of sp³-hybridized carbons (Fsp3) is 0.579. The van der Waals surface area contributed by atoms with Gasteiger partial charge in [0.15, 0.2) is 5.82 Å². The highest BCUT2D eigenvalue weighted by molar-refractivity contribution is 5.91. The molecule has 1 saturated heterocycles. The minimum atomic E-state index is -0.377. The molecule has 9 nitrogen and oxygen atoms in total. The first-order valence-electron chi connectivity index (χ1n) is 9.58. The van der Waals surface area contributed by atoms with Gasteiger partial charge in [0.05, 0.1) is 18.8 Å². The molecule has 0 aromatic carbocycles.